The van der Waals surface area contributed by atoms with E-state index in [1.807, 2.05) is 6.92 Å². The molecule has 1 N–H and O–H groups in total. The van der Waals surface area contributed by atoms with E-state index in [0.717, 1.165) is 17.8 Å². The number of aryl methyl sites for hydroxylation is 1. The molecule has 1 aromatic heterocycles. The van der Waals surface area contributed by atoms with Crippen molar-refractivity contribution in [2.45, 2.75) is 39.7 Å². The summed E-state index contributed by atoms with van der Waals surface area (Å²) in [6, 6.07) is 11.5. The fraction of sp³-hybridized carbons (Fsp3) is 0.471. The molecule has 1 saturated carbocycles. The summed E-state index contributed by atoms with van der Waals surface area (Å²) in [7, 11) is 0. The number of pyridine rings is 1. The van der Waals surface area contributed by atoms with Crippen molar-refractivity contribution >= 4 is 10.9 Å². The number of fused-ring (bicyclic) bond motifs is 1. The van der Waals surface area contributed by atoms with Crippen LogP contribution < -0.4 is 5.32 Å². The molecule has 0 saturated heterocycles. The Bertz CT molecular complexity index is 599. The summed E-state index contributed by atoms with van der Waals surface area (Å²) in [5.74, 6) is 0. The van der Waals surface area contributed by atoms with Crippen LogP contribution in [0.2, 0.25) is 0 Å². The van der Waals surface area contributed by atoms with Crippen LogP contribution in [0.3, 0.4) is 0 Å². The summed E-state index contributed by atoms with van der Waals surface area (Å²) in [6.45, 7) is 7.63. The van der Waals surface area contributed by atoms with Gasteiger partial charge in [-0.25, -0.2) is 0 Å². The Balaban J connectivity index is 2.01. The summed E-state index contributed by atoms with van der Waals surface area (Å²) in [5, 5.41) is 4.90. The van der Waals surface area contributed by atoms with E-state index in [1.54, 1.807) is 0 Å². The number of benzene rings is 1. The summed E-state index contributed by atoms with van der Waals surface area (Å²) < 4.78 is 0. The van der Waals surface area contributed by atoms with Gasteiger partial charge in [0.15, 0.2) is 0 Å². The van der Waals surface area contributed by atoms with Crippen molar-refractivity contribution < 1.29 is 0 Å². The molecule has 1 atom stereocenters. The van der Waals surface area contributed by atoms with Crippen molar-refractivity contribution in [3.8, 4) is 0 Å². The zero-order chi connectivity index (χ0) is 13.5. The number of nitrogens with one attached hydrogen (secondary N) is 1. The highest BCUT2D eigenvalue weighted by Gasteiger charge is 2.45. The van der Waals surface area contributed by atoms with Gasteiger partial charge in [0.05, 0.1) is 5.52 Å². The average Bonchev–Trinajstić information content (AvgIpc) is 3.14. The van der Waals surface area contributed by atoms with Gasteiger partial charge >= 0.3 is 0 Å². The maximum Gasteiger partial charge on any atom is 0.0705 e. The van der Waals surface area contributed by atoms with Crippen LogP contribution in [-0.2, 0) is 0 Å². The average molecular weight is 254 g/mol. The number of aromatic nitrogens is 1. The van der Waals surface area contributed by atoms with Crippen LogP contribution in [0.1, 0.15) is 44.0 Å². The summed E-state index contributed by atoms with van der Waals surface area (Å²) in [5.41, 5.74) is 4.03. The molecule has 1 heterocycles. The van der Waals surface area contributed by atoms with Crippen LogP contribution >= 0.6 is 0 Å². The van der Waals surface area contributed by atoms with Crippen molar-refractivity contribution in [1.82, 2.24) is 10.3 Å². The minimum absolute atomic E-state index is 0.446. The lowest BCUT2D eigenvalue weighted by molar-refractivity contribution is 0.373. The molecule has 2 heteroatoms. The third-order valence-corrected chi connectivity index (χ3v) is 4.33. The van der Waals surface area contributed by atoms with Crippen molar-refractivity contribution in [3.63, 3.8) is 0 Å². The molecule has 1 fully saturated rings. The molecule has 1 unspecified atom stereocenters. The molecule has 2 aromatic rings. The van der Waals surface area contributed by atoms with Gasteiger partial charge in [0, 0.05) is 17.1 Å². The maximum absolute atomic E-state index is 4.58. The predicted octanol–water partition coefficient (Wildman–Crippen LogP) is 3.99. The number of hydrogen-bond donors (Lipinski definition) is 1. The highest BCUT2D eigenvalue weighted by molar-refractivity contribution is 5.79. The zero-order valence-corrected chi connectivity index (χ0v) is 12.0. The Morgan fingerprint density at radius 1 is 1.26 bits per heavy atom. The SMILES string of the molecule is CCNC(c1ccc2nc(C)ccc2c1)C1(C)CC1. The molecule has 1 aliphatic carbocycles. The van der Waals surface area contributed by atoms with Crippen molar-refractivity contribution in [1.29, 1.82) is 0 Å². The summed E-state index contributed by atoms with van der Waals surface area (Å²) in [4.78, 5) is 4.58. The van der Waals surface area contributed by atoms with Gasteiger partial charge < -0.3 is 5.32 Å². The molecule has 0 aliphatic heterocycles. The first kappa shape index (κ1) is 12.6. The number of rotatable bonds is 4. The normalized spacial score (nSPS) is 18.5. The van der Waals surface area contributed by atoms with E-state index >= 15 is 0 Å². The quantitative estimate of drug-likeness (QED) is 0.892. The van der Waals surface area contributed by atoms with E-state index < -0.39 is 0 Å². The summed E-state index contributed by atoms with van der Waals surface area (Å²) >= 11 is 0. The molecular formula is C17H22N2. The first-order chi connectivity index (χ1) is 9.12. The monoisotopic (exact) mass is 254 g/mol. The van der Waals surface area contributed by atoms with E-state index in [4.69, 9.17) is 0 Å². The molecule has 0 amide bonds. The van der Waals surface area contributed by atoms with Gasteiger partial charge in [-0.05, 0) is 55.5 Å². The molecule has 3 rings (SSSR count). The second kappa shape index (κ2) is 4.61. The Labute approximate surface area is 115 Å². The maximum atomic E-state index is 4.58. The van der Waals surface area contributed by atoms with Crippen LogP contribution in [-0.4, -0.2) is 11.5 Å². The Kier molecular flexibility index (Phi) is 3.06. The molecule has 2 nitrogen and oxygen atoms in total. The molecular weight excluding hydrogens is 232 g/mol. The standard InChI is InChI=1S/C17H22N2/c1-4-18-16(17(3)9-10-17)14-7-8-15-13(11-14)6-5-12(2)19-15/h5-8,11,16,18H,4,9-10H2,1-3H3. The van der Waals surface area contributed by atoms with Crippen LogP contribution in [0.25, 0.3) is 10.9 Å². The molecule has 0 radical (unpaired) electrons. The van der Waals surface area contributed by atoms with Crippen molar-refractivity contribution in [3.05, 3.63) is 41.6 Å². The second-order valence-corrected chi connectivity index (χ2v) is 6.05. The van der Waals surface area contributed by atoms with Crippen LogP contribution in [0.5, 0.6) is 0 Å². The molecule has 1 aliphatic rings. The second-order valence-electron chi connectivity index (χ2n) is 6.05. The van der Waals surface area contributed by atoms with E-state index in [-0.39, 0.29) is 0 Å². The Hall–Kier alpha value is -1.41. The Morgan fingerprint density at radius 3 is 2.74 bits per heavy atom. The van der Waals surface area contributed by atoms with Gasteiger partial charge in [0.1, 0.15) is 0 Å². The fourth-order valence-corrected chi connectivity index (χ4v) is 2.88. The van der Waals surface area contributed by atoms with E-state index in [9.17, 15) is 0 Å². The van der Waals surface area contributed by atoms with Gasteiger partial charge in [0.2, 0.25) is 0 Å². The van der Waals surface area contributed by atoms with Gasteiger partial charge in [-0.2, -0.15) is 0 Å². The van der Waals surface area contributed by atoms with Crippen LogP contribution in [0, 0.1) is 12.3 Å². The fourth-order valence-electron chi connectivity index (χ4n) is 2.88. The van der Waals surface area contributed by atoms with Gasteiger partial charge in [-0.1, -0.05) is 26.0 Å². The van der Waals surface area contributed by atoms with Gasteiger partial charge in [-0.3, -0.25) is 4.98 Å². The van der Waals surface area contributed by atoms with Crippen LogP contribution in [0.4, 0.5) is 0 Å². The lowest BCUT2D eigenvalue weighted by Crippen LogP contribution is -2.27. The van der Waals surface area contributed by atoms with E-state index in [2.05, 4.69) is 54.5 Å². The zero-order valence-electron chi connectivity index (χ0n) is 12.0. The minimum Gasteiger partial charge on any atom is -0.310 e. The highest BCUT2D eigenvalue weighted by atomic mass is 14.9. The molecule has 19 heavy (non-hydrogen) atoms. The Morgan fingerprint density at radius 2 is 2.05 bits per heavy atom. The van der Waals surface area contributed by atoms with Gasteiger partial charge in [0.25, 0.3) is 0 Å². The largest absolute Gasteiger partial charge is 0.310 e. The third-order valence-electron chi connectivity index (χ3n) is 4.33. The first-order valence-corrected chi connectivity index (χ1v) is 7.23. The lowest BCUT2D eigenvalue weighted by Gasteiger charge is -2.25. The number of hydrogen-bond acceptors (Lipinski definition) is 2. The van der Waals surface area contributed by atoms with E-state index in [1.165, 1.54) is 23.8 Å². The smallest absolute Gasteiger partial charge is 0.0705 e. The molecule has 100 valence electrons. The van der Waals surface area contributed by atoms with Crippen molar-refractivity contribution in [2.24, 2.45) is 5.41 Å². The predicted molar refractivity (Wildman–Crippen MR) is 80.2 cm³/mol. The first-order valence-electron chi connectivity index (χ1n) is 7.23. The highest BCUT2D eigenvalue weighted by Crippen LogP contribution is 2.54. The number of nitrogens with zero attached hydrogens (tertiary/aromatic N) is 1. The van der Waals surface area contributed by atoms with E-state index in [0.29, 0.717) is 11.5 Å². The topological polar surface area (TPSA) is 24.9 Å². The third kappa shape index (κ3) is 2.37. The van der Waals surface area contributed by atoms with Crippen molar-refractivity contribution in [2.75, 3.05) is 6.54 Å². The van der Waals surface area contributed by atoms with Crippen LogP contribution in [0.15, 0.2) is 30.3 Å². The lowest BCUT2D eigenvalue weighted by atomic mass is 9.91. The molecule has 1 aromatic carbocycles. The molecule has 0 spiro atoms. The summed E-state index contributed by atoms with van der Waals surface area (Å²) in [6.07, 6.45) is 2.66. The molecule has 0 bridgehead atoms. The minimum atomic E-state index is 0.446. The van der Waals surface area contributed by atoms with Gasteiger partial charge in [-0.15, -0.1) is 0 Å².